The largest absolute Gasteiger partial charge is 0.306 e. The summed E-state index contributed by atoms with van der Waals surface area (Å²) in [6, 6.07) is 12.6. The van der Waals surface area contributed by atoms with Crippen molar-refractivity contribution < 1.29 is 4.39 Å². The molecule has 19 heavy (non-hydrogen) atoms. The van der Waals surface area contributed by atoms with Gasteiger partial charge >= 0.3 is 0 Å². The molecular formula is C15H14BrClFN. The second-order valence-corrected chi connectivity index (χ2v) is 5.69. The minimum atomic E-state index is -0.238. The number of nitrogens with one attached hydrogen (secondary N) is 1. The van der Waals surface area contributed by atoms with Gasteiger partial charge < -0.3 is 5.32 Å². The van der Waals surface area contributed by atoms with E-state index >= 15 is 0 Å². The molecule has 1 nitrogen and oxygen atoms in total. The molecule has 0 aromatic heterocycles. The van der Waals surface area contributed by atoms with Gasteiger partial charge in [0.25, 0.3) is 0 Å². The molecule has 0 aliphatic heterocycles. The van der Waals surface area contributed by atoms with Gasteiger partial charge in [0.15, 0.2) is 0 Å². The maximum absolute atomic E-state index is 13.0. The maximum atomic E-state index is 13.0. The lowest BCUT2D eigenvalue weighted by Gasteiger charge is -2.16. The summed E-state index contributed by atoms with van der Waals surface area (Å²) in [6.45, 7) is 2.76. The molecule has 4 heteroatoms. The molecule has 0 radical (unpaired) electrons. The van der Waals surface area contributed by atoms with Crippen molar-refractivity contribution in [2.45, 2.75) is 19.5 Å². The zero-order valence-corrected chi connectivity index (χ0v) is 12.8. The second-order valence-electron chi connectivity index (χ2n) is 4.40. The van der Waals surface area contributed by atoms with E-state index in [1.807, 2.05) is 31.2 Å². The maximum Gasteiger partial charge on any atom is 0.124 e. The summed E-state index contributed by atoms with van der Waals surface area (Å²) in [5.74, 6) is -0.238. The van der Waals surface area contributed by atoms with Crippen LogP contribution in [0.15, 0.2) is 46.9 Å². The first-order valence-electron chi connectivity index (χ1n) is 5.99. The normalized spacial score (nSPS) is 12.4. The fraction of sp³-hybridized carbons (Fsp3) is 0.200. The summed E-state index contributed by atoms with van der Waals surface area (Å²) in [5.41, 5.74) is 2.15. The van der Waals surface area contributed by atoms with Gasteiger partial charge in [-0.05, 0) is 42.3 Å². The van der Waals surface area contributed by atoms with Crippen LogP contribution in [0.1, 0.15) is 24.1 Å². The minimum absolute atomic E-state index is 0.119. The van der Waals surface area contributed by atoms with Crippen LogP contribution in [0.25, 0.3) is 0 Å². The van der Waals surface area contributed by atoms with Crippen molar-refractivity contribution in [3.05, 3.63) is 68.9 Å². The third-order valence-electron chi connectivity index (χ3n) is 2.93. The highest BCUT2D eigenvalue weighted by molar-refractivity contribution is 9.10. The molecule has 0 bridgehead atoms. The fourth-order valence-electron chi connectivity index (χ4n) is 1.88. The fourth-order valence-corrected chi connectivity index (χ4v) is 2.79. The molecular weight excluding hydrogens is 329 g/mol. The SMILES string of the molecule is CC(NCc1cccc(Cl)c1)c1ccc(F)cc1Br. The Balaban J connectivity index is 2.03. The number of rotatable bonds is 4. The monoisotopic (exact) mass is 341 g/mol. The third kappa shape index (κ3) is 4.03. The average Bonchev–Trinajstić information content (AvgIpc) is 2.36. The highest BCUT2D eigenvalue weighted by Gasteiger charge is 2.09. The van der Waals surface area contributed by atoms with Crippen LogP contribution >= 0.6 is 27.5 Å². The molecule has 0 saturated heterocycles. The summed E-state index contributed by atoms with van der Waals surface area (Å²) in [6.07, 6.45) is 0. The van der Waals surface area contributed by atoms with E-state index in [1.54, 1.807) is 6.07 Å². The summed E-state index contributed by atoms with van der Waals surface area (Å²) in [5, 5.41) is 4.12. The van der Waals surface area contributed by atoms with Crippen molar-refractivity contribution >= 4 is 27.5 Å². The van der Waals surface area contributed by atoms with Crippen LogP contribution in [0.5, 0.6) is 0 Å². The summed E-state index contributed by atoms with van der Waals surface area (Å²) in [7, 11) is 0. The van der Waals surface area contributed by atoms with Crippen LogP contribution in [0.3, 0.4) is 0 Å². The molecule has 1 unspecified atom stereocenters. The Morgan fingerprint density at radius 2 is 2.05 bits per heavy atom. The van der Waals surface area contributed by atoms with E-state index < -0.39 is 0 Å². The lowest BCUT2D eigenvalue weighted by atomic mass is 10.1. The van der Waals surface area contributed by atoms with Crippen molar-refractivity contribution in [3.63, 3.8) is 0 Å². The van der Waals surface area contributed by atoms with Crippen molar-refractivity contribution in [1.29, 1.82) is 0 Å². The van der Waals surface area contributed by atoms with Gasteiger partial charge in [0.05, 0.1) is 0 Å². The highest BCUT2D eigenvalue weighted by Crippen LogP contribution is 2.24. The predicted molar refractivity (Wildman–Crippen MR) is 80.8 cm³/mol. The molecule has 0 amide bonds. The van der Waals surface area contributed by atoms with E-state index in [-0.39, 0.29) is 11.9 Å². The first-order chi connectivity index (χ1) is 9.06. The Kier molecular flexibility index (Phi) is 4.97. The van der Waals surface area contributed by atoms with Gasteiger partial charge in [0, 0.05) is 22.1 Å². The van der Waals surface area contributed by atoms with E-state index in [9.17, 15) is 4.39 Å². The van der Waals surface area contributed by atoms with Crippen LogP contribution in [0.4, 0.5) is 4.39 Å². The van der Waals surface area contributed by atoms with E-state index in [0.717, 1.165) is 20.6 Å². The first kappa shape index (κ1) is 14.5. The van der Waals surface area contributed by atoms with Crippen molar-refractivity contribution in [2.75, 3.05) is 0 Å². The quantitative estimate of drug-likeness (QED) is 0.816. The molecule has 1 atom stereocenters. The Bertz CT molecular complexity index is 574. The van der Waals surface area contributed by atoms with Crippen molar-refractivity contribution in [3.8, 4) is 0 Å². The second kappa shape index (κ2) is 6.51. The van der Waals surface area contributed by atoms with E-state index in [1.165, 1.54) is 12.1 Å². The zero-order valence-electron chi connectivity index (χ0n) is 10.5. The lowest BCUT2D eigenvalue weighted by Crippen LogP contribution is -2.18. The van der Waals surface area contributed by atoms with Gasteiger partial charge in [0.1, 0.15) is 5.82 Å². The molecule has 2 aromatic carbocycles. The standard InChI is InChI=1S/C15H14BrClFN/c1-10(14-6-5-13(18)8-15(14)16)19-9-11-3-2-4-12(17)7-11/h2-8,10,19H,9H2,1H3. The molecule has 2 aromatic rings. The molecule has 1 N–H and O–H groups in total. The molecule has 100 valence electrons. The van der Waals surface area contributed by atoms with Crippen LogP contribution in [-0.2, 0) is 6.54 Å². The van der Waals surface area contributed by atoms with Crippen LogP contribution in [0, 0.1) is 5.82 Å². The van der Waals surface area contributed by atoms with Crippen LogP contribution in [-0.4, -0.2) is 0 Å². The number of hydrogen-bond donors (Lipinski definition) is 1. The van der Waals surface area contributed by atoms with Gasteiger partial charge in [0.2, 0.25) is 0 Å². The Hall–Kier alpha value is -0.900. The highest BCUT2D eigenvalue weighted by atomic mass is 79.9. The molecule has 2 rings (SSSR count). The smallest absolute Gasteiger partial charge is 0.124 e. The molecule has 0 spiro atoms. The average molecular weight is 343 g/mol. The van der Waals surface area contributed by atoms with Crippen molar-refractivity contribution in [2.24, 2.45) is 0 Å². The van der Waals surface area contributed by atoms with E-state index in [0.29, 0.717) is 6.54 Å². The summed E-state index contributed by atoms with van der Waals surface area (Å²) >= 11 is 9.33. The molecule has 0 aliphatic carbocycles. The molecule has 0 aliphatic rings. The lowest BCUT2D eigenvalue weighted by molar-refractivity contribution is 0.569. The molecule has 0 fully saturated rings. The summed E-state index contributed by atoms with van der Waals surface area (Å²) in [4.78, 5) is 0. The number of hydrogen-bond acceptors (Lipinski definition) is 1. The van der Waals surface area contributed by atoms with Gasteiger partial charge in [-0.15, -0.1) is 0 Å². The topological polar surface area (TPSA) is 12.0 Å². The van der Waals surface area contributed by atoms with Gasteiger partial charge in [-0.1, -0.05) is 45.7 Å². The van der Waals surface area contributed by atoms with Gasteiger partial charge in [-0.3, -0.25) is 0 Å². The first-order valence-corrected chi connectivity index (χ1v) is 7.16. The van der Waals surface area contributed by atoms with Gasteiger partial charge in [-0.2, -0.15) is 0 Å². The molecule has 0 saturated carbocycles. The van der Waals surface area contributed by atoms with E-state index in [2.05, 4.69) is 21.2 Å². The third-order valence-corrected chi connectivity index (χ3v) is 3.85. The predicted octanol–water partition coefficient (Wildman–Crippen LogP) is 5.09. The Labute approximate surface area is 125 Å². The van der Waals surface area contributed by atoms with Gasteiger partial charge in [-0.25, -0.2) is 4.39 Å². The van der Waals surface area contributed by atoms with Crippen LogP contribution in [0.2, 0.25) is 5.02 Å². The number of benzene rings is 2. The molecule has 0 heterocycles. The zero-order chi connectivity index (χ0) is 13.8. The van der Waals surface area contributed by atoms with Crippen LogP contribution < -0.4 is 5.32 Å². The Morgan fingerprint density at radius 1 is 1.26 bits per heavy atom. The summed E-state index contributed by atoms with van der Waals surface area (Å²) < 4.78 is 13.8. The number of halogens is 3. The van der Waals surface area contributed by atoms with E-state index in [4.69, 9.17) is 11.6 Å². The minimum Gasteiger partial charge on any atom is -0.306 e. The van der Waals surface area contributed by atoms with Crippen molar-refractivity contribution in [1.82, 2.24) is 5.32 Å². The Morgan fingerprint density at radius 3 is 2.74 bits per heavy atom.